The van der Waals surface area contributed by atoms with Gasteiger partial charge in [0.25, 0.3) is 0 Å². The summed E-state index contributed by atoms with van der Waals surface area (Å²) >= 11 is 5.99. The molecule has 4 nitrogen and oxygen atoms in total. The molecule has 1 amide bonds. The molecule has 9 heteroatoms. The molecule has 1 fully saturated rings. The molecule has 2 aromatic rings. The van der Waals surface area contributed by atoms with Crippen LogP contribution in [0.4, 0.5) is 23.4 Å². The molecule has 0 atom stereocenters. The molecule has 3 rings (SSSR count). The Bertz CT molecular complexity index is 867. The number of carbonyl (C=O) groups excluding carboxylic acids is 1. The maximum Gasteiger partial charge on any atom is 0.417 e. The topological polar surface area (TPSA) is 45.2 Å². The lowest BCUT2D eigenvalue weighted by molar-refractivity contribution is -0.137. The van der Waals surface area contributed by atoms with Crippen LogP contribution in [-0.2, 0) is 17.4 Å². The van der Waals surface area contributed by atoms with Crippen LogP contribution in [0.15, 0.2) is 36.5 Å². The lowest BCUT2D eigenvalue weighted by Gasteiger charge is -2.32. The molecule has 0 spiro atoms. The largest absolute Gasteiger partial charge is 0.417 e. The Labute approximate surface area is 170 Å². The zero-order valence-electron chi connectivity index (χ0n) is 15.5. The first-order valence-electron chi connectivity index (χ1n) is 9.24. The van der Waals surface area contributed by atoms with E-state index < -0.39 is 11.7 Å². The highest BCUT2D eigenvalue weighted by molar-refractivity contribution is 6.33. The minimum Gasteiger partial charge on any atom is -0.356 e. The van der Waals surface area contributed by atoms with Crippen molar-refractivity contribution in [1.29, 1.82) is 0 Å². The van der Waals surface area contributed by atoms with Gasteiger partial charge >= 0.3 is 6.18 Å². The number of amides is 1. The van der Waals surface area contributed by atoms with Crippen LogP contribution < -0.4 is 10.2 Å². The van der Waals surface area contributed by atoms with E-state index in [4.69, 9.17) is 11.6 Å². The summed E-state index contributed by atoms with van der Waals surface area (Å²) in [6.45, 7) is 1.26. The Morgan fingerprint density at radius 1 is 1.24 bits per heavy atom. The molecule has 29 heavy (non-hydrogen) atoms. The van der Waals surface area contributed by atoms with Gasteiger partial charge in [-0.05, 0) is 37.0 Å². The number of alkyl halides is 3. The third-order valence-electron chi connectivity index (χ3n) is 4.97. The van der Waals surface area contributed by atoms with Crippen LogP contribution in [0.1, 0.15) is 24.0 Å². The van der Waals surface area contributed by atoms with Crippen molar-refractivity contribution in [3.63, 3.8) is 0 Å². The second kappa shape index (κ2) is 8.98. The summed E-state index contributed by atoms with van der Waals surface area (Å²) in [5.41, 5.74) is -0.346. The summed E-state index contributed by atoms with van der Waals surface area (Å²) in [6.07, 6.45) is -2.26. The second-order valence-electron chi connectivity index (χ2n) is 6.92. The molecule has 1 N–H and O–H groups in total. The van der Waals surface area contributed by atoms with Gasteiger partial charge in [-0.25, -0.2) is 9.37 Å². The highest BCUT2D eigenvalue weighted by atomic mass is 35.5. The average Bonchev–Trinajstić information content (AvgIpc) is 2.69. The molecule has 1 aliphatic rings. The number of nitrogens with one attached hydrogen (secondary N) is 1. The number of nitrogens with zero attached hydrogens (tertiary/aromatic N) is 2. The van der Waals surface area contributed by atoms with E-state index in [1.807, 2.05) is 0 Å². The summed E-state index contributed by atoms with van der Waals surface area (Å²) in [5.74, 6) is -0.318. The van der Waals surface area contributed by atoms with Crippen molar-refractivity contribution in [3.8, 4) is 0 Å². The fraction of sp³-hybridized carbons (Fsp3) is 0.400. The Hall–Kier alpha value is -2.35. The van der Waals surface area contributed by atoms with E-state index in [1.165, 1.54) is 6.07 Å². The van der Waals surface area contributed by atoms with Gasteiger partial charge in [0, 0.05) is 31.7 Å². The van der Waals surface area contributed by atoms with Gasteiger partial charge in [0.05, 0.1) is 10.6 Å². The molecule has 1 aliphatic heterocycles. The van der Waals surface area contributed by atoms with E-state index in [0.29, 0.717) is 44.5 Å². The number of rotatable bonds is 5. The first-order chi connectivity index (χ1) is 13.8. The number of pyridine rings is 1. The van der Waals surface area contributed by atoms with Gasteiger partial charge < -0.3 is 10.2 Å². The van der Waals surface area contributed by atoms with Crippen LogP contribution in [0.25, 0.3) is 0 Å². The molecule has 1 saturated heterocycles. The number of hydrogen-bond donors (Lipinski definition) is 1. The maximum atomic E-state index is 13.6. The lowest BCUT2D eigenvalue weighted by Crippen LogP contribution is -2.41. The van der Waals surface area contributed by atoms with E-state index in [-0.39, 0.29) is 28.5 Å². The summed E-state index contributed by atoms with van der Waals surface area (Å²) in [5, 5.41) is 2.76. The van der Waals surface area contributed by atoms with E-state index in [2.05, 4.69) is 10.3 Å². The number of anilines is 1. The molecular formula is C20H20ClF4N3O. The van der Waals surface area contributed by atoms with Crippen LogP contribution in [0.5, 0.6) is 0 Å². The van der Waals surface area contributed by atoms with Gasteiger partial charge in [0.1, 0.15) is 11.6 Å². The first kappa shape index (κ1) is 21.4. The van der Waals surface area contributed by atoms with Gasteiger partial charge in [-0.1, -0.05) is 29.8 Å². The van der Waals surface area contributed by atoms with Crippen molar-refractivity contribution in [3.05, 3.63) is 58.5 Å². The summed E-state index contributed by atoms with van der Waals surface area (Å²) in [7, 11) is 0. The number of aromatic nitrogens is 1. The summed E-state index contributed by atoms with van der Waals surface area (Å²) in [4.78, 5) is 18.0. The number of carbonyl (C=O) groups is 1. The molecule has 1 aromatic heterocycles. The van der Waals surface area contributed by atoms with E-state index >= 15 is 0 Å². The normalized spacial score (nSPS) is 15.4. The van der Waals surface area contributed by atoms with E-state index in [0.717, 1.165) is 12.3 Å². The Morgan fingerprint density at radius 2 is 1.93 bits per heavy atom. The smallest absolute Gasteiger partial charge is 0.356 e. The third-order valence-corrected chi connectivity index (χ3v) is 5.24. The van der Waals surface area contributed by atoms with Gasteiger partial charge in [-0.3, -0.25) is 4.79 Å². The third kappa shape index (κ3) is 5.38. The Morgan fingerprint density at radius 3 is 2.55 bits per heavy atom. The predicted molar refractivity (Wildman–Crippen MR) is 102 cm³/mol. The highest BCUT2D eigenvalue weighted by Gasteiger charge is 2.33. The molecule has 0 bridgehead atoms. The van der Waals surface area contributed by atoms with Crippen molar-refractivity contribution >= 4 is 23.3 Å². The molecule has 0 unspecified atom stereocenters. The van der Waals surface area contributed by atoms with E-state index in [1.54, 1.807) is 23.1 Å². The quantitative estimate of drug-likeness (QED) is 0.713. The van der Waals surface area contributed by atoms with E-state index in [9.17, 15) is 22.4 Å². The fourth-order valence-electron chi connectivity index (χ4n) is 3.34. The fourth-order valence-corrected chi connectivity index (χ4v) is 3.62. The predicted octanol–water partition coefficient (Wildman–Crippen LogP) is 4.47. The lowest BCUT2D eigenvalue weighted by atomic mass is 9.95. The van der Waals surface area contributed by atoms with Gasteiger partial charge in [-0.15, -0.1) is 0 Å². The van der Waals surface area contributed by atoms with Gasteiger partial charge in [0.2, 0.25) is 5.91 Å². The SMILES string of the molecule is O=C(NCCc1ccccc1F)C1CCN(c2ncc(C(F)(F)F)cc2Cl)CC1. The van der Waals surface area contributed by atoms with Crippen LogP contribution in [0, 0.1) is 11.7 Å². The summed E-state index contributed by atoms with van der Waals surface area (Å²) < 4.78 is 51.8. The number of piperidine rings is 1. The highest BCUT2D eigenvalue weighted by Crippen LogP contribution is 2.34. The maximum absolute atomic E-state index is 13.6. The van der Waals surface area contributed by atoms with Crippen molar-refractivity contribution in [2.45, 2.75) is 25.4 Å². The standard InChI is InChI=1S/C20H20ClF4N3O/c21-16-11-15(20(23,24)25)12-27-18(16)28-9-6-14(7-10-28)19(29)26-8-5-13-3-1-2-4-17(13)22/h1-4,11-12,14H,5-10H2,(H,26,29). The number of benzene rings is 1. The van der Waals surface area contributed by atoms with Crippen molar-refractivity contribution in [2.24, 2.45) is 5.92 Å². The zero-order valence-corrected chi connectivity index (χ0v) is 16.2. The molecule has 156 valence electrons. The number of hydrogen-bond acceptors (Lipinski definition) is 3. The second-order valence-corrected chi connectivity index (χ2v) is 7.33. The van der Waals surface area contributed by atoms with Crippen molar-refractivity contribution in [1.82, 2.24) is 10.3 Å². The van der Waals surface area contributed by atoms with Crippen LogP contribution in [0.2, 0.25) is 5.02 Å². The minimum atomic E-state index is -4.50. The van der Waals surface area contributed by atoms with Gasteiger partial charge in [-0.2, -0.15) is 13.2 Å². The monoisotopic (exact) mass is 429 g/mol. The van der Waals surface area contributed by atoms with Crippen molar-refractivity contribution < 1.29 is 22.4 Å². The average molecular weight is 430 g/mol. The van der Waals surface area contributed by atoms with Gasteiger partial charge in [0.15, 0.2) is 0 Å². The molecule has 0 radical (unpaired) electrons. The molecule has 0 saturated carbocycles. The molecule has 1 aromatic carbocycles. The molecule has 0 aliphatic carbocycles. The minimum absolute atomic E-state index is 0.0624. The number of halogens is 5. The molecular weight excluding hydrogens is 410 g/mol. The Balaban J connectivity index is 1.50. The van der Waals surface area contributed by atoms with Crippen LogP contribution >= 0.6 is 11.6 Å². The summed E-state index contributed by atoms with van der Waals surface area (Å²) in [6, 6.07) is 7.29. The molecule has 2 heterocycles. The Kier molecular flexibility index (Phi) is 6.62. The van der Waals surface area contributed by atoms with Crippen LogP contribution in [0.3, 0.4) is 0 Å². The van der Waals surface area contributed by atoms with Crippen molar-refractivity contribution in [2.75, 3.05) is 24.5 Å². The zero-order chi connectivity index (χ0) is 21.0. The van der Waals surface area contributed by atoms with Crippen LogP contribution in [-0.4, -0.2) is 30.5 Å². The first-order valence-corrected chi connectivity index (χ1v) is 9.62.